The van der Waals surface area contributed by atoms with Crippen LogP contribution in [0.5, 0.6) is 0 Å². The van der Waals surface area contributed by atoms with Crippen LogP contribution in [0.3, 0.4) is 0 Å². The molecule has 336 valence electrons. The van der Waals surface area contributed by atoms with E-state index in [9.17, 15) is 4.57 Å². The molecule has 2 aliphatic heterocycles. The monoisotopic (exact) mass is 965 g/mol. The molecule has 3 aromatic heterocycles. The van der Waals surface area contributed by atoms with Crippen molar-refractivity contribution in [3.8, 4) is 50.2 Å². The fourth-order valence-corrected chi connectivity index (χ4v) is 18.4. The zero-order valence-electron chi connectivity index (χ0n) is 38.1. The Morgan fingerprint density at radius 2 is 0.915 bits per heavy atom. The van der Waals surface area contributed by atoms with Crippen LogP contribution >= 0.6 is 25.6 Å². The molecule has 7 heteroatoms. The maximum atomic E-state index is 15.7. The first-order valence-electron chi connectivity index (χ1n) is 23.8. The first-order chi connectivity index (χ1) is 35.0. The molecule has 2 unspecified atom stereocenters. The normalized spacial score (nSPS) is 16.4. The van der Waals surface area contributed by atoms with Crippen molar-refractivity contribution in [2.45, 2.75) is 0 Å². The zero-order chi connectivity index (χ0) is 47.3. The minimum Gasteiger partial charge on any atom is -0.452 e. The molecule has 0 spiro atoms. The molecule has 2 atom stereocenters. The Hall–Kier alpha value is -8.04. The second-order valence-corrected chi connectivity index (χ2v) is 24.5. The Balaban J connectivity index is 0.000000139. The number of fused-ring (bicyclic) bond motifs is 13. The smallest absolute Gasteiger partial charge is 0.205 e. The van der Waals surface area contributed by atoms with Crippen LogP contribution in [0.2, 0.25) is 0 Å². The number of benzene rings is 10. The van der Waals surface area contributed by atoms with E-state index < -0.39 is 14.3 Å². The molecular weight excluding hydrogens is 925 g/mol. The number of rotatable bonds is 5. The van der Waals surface area contributed by atoms with E-state index in [-0.39, 0.29) is 0 Å². The fourth-order valence-electron chi connectivity index (χ4n) is 11.1. The van der Waals surface area contributed by atoms with Gasteiger partial charge in [0, 0.05) is 69.0 Å². The van der Waals surface area contributed by atoms with Crippen molar-refractivity contribution in [2.75, 3.05) is 0 Å². The van der Waals surface area contributed by atoms with Gasteiger partial charge in [-0.25, -0.2) is 0 Å². The van der Waals surface area contributed by atoms with Crippen molar-refractivity contribution in [2.24, 2.45) is 0 Å². The molecule has 0 bridgehead atoms. The third kappa shape index (κ3) is 6.31. The number of hydrogen-bond donors (Lipinski definition) is 0. The van der Waals surface area contributed by atoms with Crippen molar-refractivity contribution >= 4 is 99.8 Å². The molecule has 15 rings (SSSR count). The summed E-state index contributed by atoms with van der Waals surface area (Å²) in [6.07, 6.45) is 0. The Morgan fingerprint density at radius 3 is 1.62 bits per heavy atom. The third-order valence-corrected chi connectivity index (χ3v) is 21.5. The summed E-state index contributed by atoms with van der Waals surface area (Å²) in [5, 5.41) is 8.01. The topological polar surface area (TPSA) is 52.2 Å². The summed E-state index contributed by atoms with van der Waals surface area (Å²) in [5.74, 6) is 0. The largest absolute Gasteiger partial charge is 0.452 e. The van der Waals surface area contributed by atoms with Crippen molar-refractivity contribution in [3.05, 3.63) is 249 Å². The van der Waals surface area contributed by atoms with Crippen molar-refractivity contribution in [1.29, 1.82) is 0 Å². The Labute approximate surface area is 414 Å². The van der Waals surface area contributed by atoms with Gasteiger partial charge in [-0.1, -0.05) is 194 Å². The molecular formula is C64H41NO3P2S. The minimum atomic E-state index is -3.19. The highest BCUT2D eigenvalue weighted by molar-refractivity contribution is 7.86. The lowest BCUT2D eigenvalue weighted by Crippen LogP contribution is -2.26. The molecule has 13 aromatic rings. The van der Waals surface area contributed by atoms with Crippen LogP contribution in [0.25, 0.3) is 92.2 Å². The summed E-state index contributed by atoms with van der Waals surface area (Å²) in [5.41, 5.74) is 13.1. The van der Waals surface area contributed by atoms with Crippen LogP contribution in [0.4, 0.5) is 0 Å². The molecule has 0 saturated carbocycles. The van der Waals surface area contributed by atoms with E-state index in [1.807, 2.05) is 91.0 Å². The summed E-state index contributed by atoms with van der Waals surface area (Å²) in [4.78, 5) is 0. The predicted octanol–water partition coefficient (Wildman–Crippen LogP) is 15.0. The van der Waals surface area contributed by atoms with Crippen LogP contribution < -0.4 is 32.2 Å². The zero-order valence-corrected chi connectivity index (χ0v) is 40.8. The molecule has 0 amide bonds. The second kappa shape index (κ2) is 16.3. The molecule has 71 heavy (non-hydrogen) atoms. The molecule has 0 radical (unpaired) electrons. The first kappa shape index (κ1) is 41.9. The van der Waals surface area contributed by atoms with E-state index in [0.29, 0.717) is 5.50 Å². The van der Waals surface area contributed by atoms with Gasteiger partial charge in [0.05, 0.1) is 5.52 Å². The highest BCUT2D eigenvalue weighted by Crippen LogP contribution is 2.57. The Morgan fingerprint density at radius 1 is 0.380 bits per heavy atom. The highest BCUT2D eigenvalue weighted by Gasteiger charge is 2.46. The van der Waals surface area contributed by atoms with Crippen LogP contribution in [0.15, 0.2) is 253 Å². The van der Waals surface area contributed by atoms with E-state index in [1.54, 1.807) is 11.3 Å². The van der Waals surface area contributed by atoms with Gasteiger partial charge in [-0.3, -0.25) is 0 Å². The lowest BCUT2D eigenvalue weighted by Gasteiger charge is -2.21. The van der Waals surface area contributed by atoms with Gasteiger partial charge in [0.2, 0.25) is 7.14 Å². The maximum Gasteiger partial charge on any atom is 0.205 e. The maximum absolute atomic E-state index is 15.7. The lowest BCUT2D eigenvalue weighted by molar-refractivity contribution is 0.581. The Kier molecular flexibility index (Phi) is 9.60. The SMILES string of the molecule is O=P1(c2ccc3sc4ccccc4c3c2)c2ccccc2-c2c1oc1ccccc21.O=P1(c2ccccc2)c2ccccc2-c2c1n(-c1cc(-c3ccccc3)cc(-c3ccccc3)c1)c1ccccc21. The quantitative estimate of drug-likeness (QED) is 0.162. The molecule has 4 nitrogen and oxygen atoms in total. The van der Waals surface area contributed by atoms with Crippen LogP contribution in [0, 0.1) is 0 Å². The summed E-state index contributed by atoms with van der Waals surface area (Å²) in [6.45, 7) is 0. The van der Waals surface area contributed by atoms with E-state index in [0.717, 1.165) is 104 Å². The van der Waals surface area contributed by atoms with Crippen LogP contribution in [-0.2, 0) is 9.13 Å². The van der Waals surface area contributed by atoms with Crippen LogP contribution in [-0.4, -0.2) is 4.57 Å². The van der Waals surface area contributed by atoms with Gasteiger partial charge in [-0.15, -0.1) is 11.3 Å². The van der Waals surface area contributed by atoms with Gasteiger partial charge in [-0.05, 0) is 88.0 Å². The Bertz CT molecular complexity index is 4300. The fraction of sp³-hybridized carbons (Fsp3) is 0. The summed E-state index contributed by atoms with van der Waals surface area (Å²) in [6, 6.07) is 85.2. The average molecular weight is 966 g/mol. The lowest BCUT2D eigenvalue weighted by atomic mass is 9.98. The van der Waals surface area contributed by atoms with Crippen molar-refractivity contribution < 1.29 is 13.5 Å². The number of para-hydroxylation sites is 2. The van der Waals surface area contributed by atoms with E-state index in [1.165, 1.54) is 14.8 Å². The number of thiophene rings is 1. The average Bonchev–Trinajstić information content (AvgIpc) is 4.23. The standard InChI is InChI=1S/C38H26NOP.C26H15O2PS/c40-41(32-18-8-3-9-19-32)36-23-13-11-21-34(36)37-33-20-10-12-22-35(33)39(38(37)41)31-25-29(27-14-4-1-5-15-27)24-30(26-31)28-16-6-2-7-17-28;27-29(16-13-14-24-20(15-16)17-7-3-6-12-23(17)30-24)22-11-5-2-9-19(22)25-18-8-1-4-10-21(18)28-26(25)29/h1-26H;1-15H. The third-order valence-electron chi connectivity index (χ3n) is 14.3. The molecule has 5 heterocycles. The van der Waals surface area contributed by atoms with Gasteiger partial charge in [0.1, 0.15) is 11.0 Å². The van der Waals surface area contributed by atoms with Gasteiger partial charge >= 0.3 is 0 Å². The van der Waals surface area contributed by atoms with E-state index in [2.05, 4.69) is 162 Å². The number of hydrogen-bond acceptors (Lipinski definition) is 4. The molecule has 0 N–H and O–H groups in total. The second-order valence-electron chi connectivity index (χ2n) is 18.2. The summed E-state index contributed by atoms with van der Waals surface area (Å²) in [7, 11) is -6.28. The van der Waals surface area contributed by atoms with Gasteiger partial charge in [-0.2, -0.15) is 0 Å². The number of furan rings is 1. The van der Waals surface area contributed by atoms with Crippen LogP contribution in [0.1, 0.15) is 0 Å². The molecule has 10 aromatic carbocycles. The molecule has 0 saturated heterocycles. The number of aromatic nitrogens is 1. The van der Waals surface area contributed by atoms with Gasteiger partial charge in [0.25, 0.3) is 0 Å². The molecule has 2 aliphatic rings. The minimum absolute atomic E-state index is 0.615. The summed E-state index contributed by atoms with van der Waals surface area (Å²) >= 11 is 1.77. The predicted molar refractivity (Wildman–Crippen MR) is 300 cm³/mol. The van der Waals surface area contributed by atoms with Gasteiger partial charge in [0.15, 0.2) is 12.6 Å². The summed E-state index contributed by atoms with van der Waals surface area (Å²) < 4.78 is 41.6. The number of nitrogens with zero attached hydrogens (tertiary/aromatic N) is 1. The van der Waals surface area contributed by atoms with E-state index >= 15 is 4.57 Å². The van der Waals surface area contributed by atoms with Crippen molar-refractivity contribution in [1.82, 2.24) is 4.57 Å². The molecule has 0 fully saturated rings. The first-order valence-corrected chi connectivity index (χ1v) is 28.0. The van der Waals surface area contributed by atoms with Gasteiger partial charge < -0.3 is 18.1 Å². The highest BCUT2D eigenvalue weighted by atomic mass is 32.1. The van der Waals surface area contributed by atoms with E-state index in [4.69, 9.17) is 4.42 Å². The van der Waals surface area contributed by atoms with Crippen molar-refractivity contribution in [3.63, 3.8) is 0 Å². The molecule has 0 aliphatic carbocycles.